The Balaban J connectivity index is 0.00000324. The van der Waals surface area contributed by atoms with Crippen LogP contribution in [0.15, 0.2) is 33.3 Å². The molecule has 0 spiro atoms. The Morgan fingerprint density at radius 3 is 2.68 bits per heavy atom. The molecule has 0 aromatic carbocycles. The van der Waals surface area contributed by atoms with Gasteiger partial charge in [-0.25, -0.2) is 0 Å². The van der Waals surface area contributed by atoms with E-state index in [1.54, 1.807) is 7.05 Å². The molecule has 0 atom stereocenters. The van der Waals surface area contributed by atoms with Crippen molar-refractivity contribution < 1.29 is 0 Å². The molecule has 0 bridgehead atoms. The van der Waals surface area contributed by atoms with Gasteiger partial charge in [0.05, 0.1) is 13.1 Å². The number of nitrogens with one attached hydrogen (secondary N) is 1. The molecule has 7 heteroatoms. The van der Waals surface area contributed by atoms with Crippen molar-refractivity contribution in [1.29, 1.82) is 0 Å². The number of aromatic nitrogens is 1. The van der Waals surface area contributed by atoms with Crippen LogP contribution in [0, 0.1) is 0 Å². The van der Waals surface area contributed by atoms with Gasteiger partial charge in [-0.1, -0.05) is 18.2 Å². The summed E-state index contributed by atoms with van der Waals surface area (Å²) in [4.78, 5) is 6.23. The minimum atomic E-state index is 0. The molecule has 19 heavy (non-hydrogen) atoms. The van der Waals surface area contributed by atoms with Crippen molar-refractivity contribution >= 4 is 57.5 Å². The lowest BCUT2D eigenvalue weighted by Crippen LogP contribution is -2.39. The number of rotatable bonds is 4. The molecular weight excluding hydrogens is 442 g/mol. The molecule has 0 saturated carbocycles. The highest BCUT2D eigenvalue weighted by atomic mass is 127. The highest BCUT2D eigenvalue weighted by Gasteiger charge is 2.09. The van der Waals surface area contributed by atoms with E-state index in [4.69, 9.17) is 11.6 Å². The number of hydrogen-bond acceptors (Lipinski definition) is 1. The van der Waals surface area contributed by atoms with Gasteiger partial charge < -0.3 is 14.8 Å². The normalized spacial score (nSPS) is 10.9. The molecule has 1 aromatic heterocycles. The predicted octanol–water partition coefficient (Wildman–Crippen LogP) is 3.17. The fraction of sp³-hybridized carbons (Fsp3) is 0.417. The Morgan fingerprint density at radius 2 is 2.26 bits per heavy atom. The van der Waals surface area contributed by atoms with Crippen LogP contribution in [0.2, 0.25) is 0 Å². The Morgan fingerprint density at radius 1 is 1.63 bits per heavy atom. The summed E-state index contributed by atoms with van der Waals surface area (Å²) in [6.45, 7) is 4.91. The quantitative estimate of drug-likeness (QED) is 0.425. The molecule has 108 valence electrons. The van der Waals surface area contributed by atoms with Crippen molar-refractivity contribution in [2.24, 2.45) is 12.0 Å². The van der Waals surface area contributed by atoms with Crippen molar-refractivity contribution in [3.8, 4) is 0 Å². The summed E-state index contributed by atoms with van der Waals surface area (Å²) in [6, 6.07) is 2.09. The maximum atomic E-state index is 5.73. The van der Waals surface area contributed by atoms with Crippen LogP contribution in [-0.2, 0) is 13.6 Å². The highest BCUT2D eigenvalue weighted by Crippen LogP contribution is 2.14. The first-order valence-corrected chi connectivity index (χ1v) is 6.67. The second-order valence-corrected chi connectivity index (χ2v) is 5.48. The van der Waals surface area contributed by atoms with Crippen LogP contribution in [0.5, 0.6) is 0 Å². The van der Waals surface area contributed by atoms with E-state index in [1.807, 2.05) is 25.2 Å². The largest absolute Gasteiger partial charge is 0.352 e. The summed E-state index contributed by atoms with van der Waals surface area (Å²) >= 11 is 9.19. The van der Waals surface area contributed by atoms with Gasteiger partial charge in [0.15, 0.2) is 5.96 Å². The van der Waals surface area contributed by atoms with Crippen LogP contribution >= 0.6 is 51.5 Å². The van der Waals surface area contributed by atoms with Crippen LogP contribution in [0.25, 0.3) is 0 Å². The molecule has 0 unspecified atom stereocenters. The first-order valence-electron chi connectivity index (χ1n) is 5.50. The average Bonchev–Trinajstić information content (AvgIpc) is 2.57. The van der Waals surface area contributed by atoms with E-state index in [-0.39, 0.29) is 24.0 Å². The molecule has 0 amide bonds. The molecule has 1 rings (SSSR count). The van der Waals surface area contributed by atoms with E-state index in [0.717, 1.165) is 17.0 Å². The fourth-order valence-corrected chi connectivity index (χ4v) is 2.24. The minimum absolute atomic E-state index is 0. The SMILES string of the molecule is C=C(Cl)CNC(=NC)N(C)Cc1cc(Br)cn1C.I. The topological polar surface area (TPSA) is 32.6 Å². The van der Waals surface area contributed by atoms with Crippen molar-refractivity contribution in [3.05, 3.63) is 34.0 Å². The molecule has 1 N–H and O–H groups in total. The van der Waals surface area contributed by atoms with E-state index in [2.05, 4.69) is 43.5 Å². The third kappa shape index (κ3) is 6.18. The first-order chi connectivity index (χ1) is 8.43. The van der Waals surface area contributed by atoms with Crippen LogP contribution in [0.3, 0.4) is 0 Å². The molecular formula is C12H19BrClIN4. The minimum Gasteiger partial charge on any atom is -0.352 e. The van der Waals surface area contributed by atoms with Gasteiger partial charge in [0.1, 0.15) is 0 Å². The van der Waals surface area contributed by atoms with Gasteiger partial charge in [0.2, 0.25) is 0 Å². The van der Waals surface area contributed by atoms with E-state index < -0.39 is 0 Å². The zero-order valence-corrected chi connectivity index (χ0v) is 16.0. The van der Waals surface area contributed by atoms with E-state index in [9.17, 15) is 0 Å². The van der Waals surface area contributed by atoms with E-state index in [0.29, 0.717) is 11.6 Å². The zero-order valence-electron chi connectivity index (χ0n) is 11.3. The second-order valence-electron chi connectivity index (χ2n) is 4.03. The van der Waals surface area contributed by atoms with Gasteiger partial charge in [-0.2, -0.15) is 0 Å². The van der Waals surface area contributed by atoms with Gasteiger partial charge in [0, 0.05) is 42.5 Å². The summed E-state index contributed by atoms with van der Waals surface area (Å²) < 4.78 is 3.15. The molecule has 0 aliphatic carbocycles. The van der Waals surface area contributed by atoms with Crippen molar-refractivity contribution in [2.45, 2.75) is 6.54 Å². The third-order valence-electron chi connectivity index (χ3n) is 2.49. The standard InChI is InChI=1S/C12H18BrClN4.HI/c1-9(14)6-16-12(15-2)18(4)8-11-5-10(13)7-17(11)3;/h5,7H,1,6,8H2,2-4H3,(H,15,16);1H. The Bertz CT molecular complexity index is 459. The smallest absolute Gasteiger partial charge is 0.194 e. The van der Waals surface area contributed by atoms with E-state index in [1.165, 1.54) is 5.69 Å². The predicted molar refractivity (Wildman–Crippen MR) is 96.3 cm³/mol. The summed E-state index contributed by atoms with van der Waals surface area (Å²) in [6.07, 6.45) is 2.03. The Hall–Kier alpha value is -0.210. The van der Waals surface area contributed by atoms with Crippen molar-refractivity contribution in [1.82, 2.24) is 14.8 Å². The lowest BCUT2D eigenvalue weighted by atomic mass is 10.4. The number of halogens is 3. The molecule has 0 aliphatic rings. The molecule has 0 fully saturated rings. The first kappa shape index (κ1) is 18.8. The van der Waals surface area contributed by atoms with Crippen LogP contribution in [0.4, 0.5) is 0 Å². The zero-order chi connectivity index (χ0) is 13.7. The number of aliphatic imine (C=N–C) groups is 1. The fourth-order valence-electron chi connectivity index (χ4n) is 1.60. The number of nitrogens with zero attached hydrogens (tertiary/aromatic N) is 3. The summed E-state index contributed by atoms with van der Waals surface area (Å²) in [5, 5.41) is 3.70. The number of aryl methyl sites for hydroxylation is 1. The van der Waals surface area contributed by atoms with Gasteiger partial charge in [-0.05, 0) is 22.0 Å². The van der Waals surface area contributed by atoms with Crippen LogP contribution < -0.4 is 5.32 Å². The molecule has 0 radical (unpaired) electrons. The van der Waals surface area contributed by atoms with Crippen molar-refractivity contribution in [3.63, 3.8) is 0 Å². The Kier molecular flexibility index (Phi) is 8.76. The highest BCUT2D eigenvalue weighted by molar-refractivity contribution is 14.0. The van der Waals surface area contributed by atoms with Gasteiger partial charge in [0.25, 0.3) is 0 Å². The average molecular weight is 462 g/mol. The van der Waals surface area contributed by atoms with Gasteiger partial charge >= 0.3 is 0 Å². The molecule has 1 heterocycles. The van der Waals surface area contributed by atoms with Crippen molar-refractivity contribution in [2.75, 3.05) is 20.6 Å². The van der Waals surface area contributed by atoms with E-state index >= 15 is 0 Å². The number of hydrogen-bond donors (Lipinski definition) is 1. The molecule has 1 aromatic rings. The maximum absolute atomic E-state index is 5.73. The third-order valence-corrected chi connectivity index (χ3v) is 3.05. The summed E-state index contributed by atoms with van der Waals surface area (Å²) in [5.74, 6) is 0.786. The monoisotopic (exact) mass is 460 g/mol. The maximum Gasteiger partial charge on any atom is 0.194 e. The molecule has 0 aliphatic heterocycles. The lowest BCUT2D eigenvalue weighted by molar-refractivity contribution is 0.465. The summed E-state index contributed by atoms with van der Waals surface area (Å²) in [7, 11) is 5.74. The van der Waals surface area contributed by atoms with Crippen LogP contribution in [0.1, 0.15) is 5.69 Å². The lowest BCUT2D eigenvalue weighted by Gasteiger charge is -2.22. The molecule has 0 saturated heterocycles. The Labute approximate surface area is 145 Å². The summed E-state index contributed by atoms with van der Waals surface area (Å²) in [5.41, 5.74) is 1.19. The molecule has 4 nitrogen and oxygen atoms in total. The second kappa shape index (κ2) is 8.86. The van der Waals surface area contributed by atoms with Gasteiger partial charge in [-0.3, -0.25) is 4.99 Å². The van der Waals surface area contributed by atoms with Crippen LogP contribution in [-0.4, -0.2) is 36.1 Å². The van der Waals surface area contributed by atoms with Gasteiger partial charge in [-0.15, -0.1) is 24.0 Å². The number of guanidine groups is 1.